The molecule has 1 unspecified atom stereocenters. The number of benzene rings is 1. The van der Waals surface area contributed by atoms with Gasteiger partial charge in [-0.25, -0.2) is 5.09 Å². The van der Waals surface area contributed by atoms with Crippen LogP contribution in [0.3, 0.4) is 0 Å². The zero-order chi connectivity index (χ0) is 15.9. The van der Waals surface area contributed by atoms with Gasteiger partial charge in [-0.15, -0.1) is 0 Å². The van der Waals surface area contributed by atoms with E-state index in [1.807, 2.05) is 0 Å². The molecule has 0 aliphatic rings. The average molecular weight is 315 g/mol. The number of hydrogen-bond donors (Lipinski definition) is 2. The Morgan fingerprint density at radius 1 is 1.29 bits per heavy atom. The number of esters is 1. The first-order valence-corrected chi connectivity index (χ1v) is 8.12. The topological polar surface area (TPSA) is 102 Å². The molecule has 7 nitrogen and oxygen atoms in total. The lowest BCUT2D eigenvalue weighted by molar-refractivity contribution is -0.146. The van der Waals surface area contributed by atoms with Crippen molar-refractivity contribution in [2.24, 2.45) is 0 Å². The first kappa shape index (κ1) is 17.2. The molecule has 0 amide bonds. The Bertz CT molecular complexity index is 531. The molecule has 8 heteroatoms. The molecule has 1 atom stereocenters. The molecule has 116 valence electrons. The lowest BCUT2D eigenvalue weighted by atomic mass is 10.3. The van der Waals surface area contributed by atoms with Gasteiger partial charge in [0.15, 0.2) is 0 Å². The molecule has 0 bridgehead atoms. The van der Waals surface area contributed by atoms with E-state index in [2.05, 4.69) is 5.09 Å². The Balaban J connectivity index is 2.72. The molecule has 0 spiro atoms. The van der Waals surface area contributed by atoms with Gasteiger partial charge in [0.2, 0.25) is 0 Å². The van der Waals surface area contributed by atoms with Gasteiger partial charge in [0.1, 0.15) is 18.5 Å². The van der Waals surface area contributed by atoms with E-state index in [1.54, 1.807) is 44.2 Å². The zero-order valence-corrected chi connectivity index (χ0v) is 12.7. The Labute approximate surface area is 122 Å². The van der Waals surface area contributed by atoms with Crippen molar-refractivity contribution in [1.82, 2.24) is 5.09 Å². The van der Waals surface area contributed by atoms with E-state index in [-0.39, 0.29) is 11.9 Å². The summed E-state index contributed by atoms with van der Waals surface area (Å²) >= 11 is 0. The van der Waals surface area contributed by atoms with Crippen molar-refractivity contribution in [1.29, 1.82) is 0 Å². The highest BCUT2D eigenvalue weighted by molar-refractivity contribution is 7.58. The van der Waals surface area contributed by atoms with E-state index in [9.17, 15) is 14.2 Å². The SMILES string of the molecule is CC(C)OC(=O)CNP(=O)(CC(=O)O)Oc1ccccc1. The lowest BCUT2D eigenvalue weighted by Gasteiger charge is -2.19. The van der Waals surface area contributed by atoms with Crippen molar-refractivity contribution in [3.05, 3.63) is 30.3 Å². The largest absolute Gasteiger partial charge is 0.481 e. The summed E-state index contributed by atoms with van der Waals surface area (Å²) in [5.41, 5.74) is 0. The second kappa shape index (κ2) is 7.81. The van der Waals surface area contributed by atoms with Crippen molar-refractivity contribution in [2.45, 2.75) is 20.0 Å². The number of rotatable bonds is 8. The van der Waals surface area contributed by atoms with Gasteiger partial charge >= 0.3 is 19.5 Å². The van der Waals surface area contributed by atoms with Gasteiger partial charge in [0, 0.05) is 0 Å². The van der Waals surface area contributed by atoms with E-state index in [0.29, 0.717) is 0 Å². The fraction of sp³-hybridized carbons (Fsp3) is 0.385. The minimum absolute atomic E-state index is 0.256. The van der Waals surface area contributed by atoms with E-state index >= 15 is 0 Å². The summed E-state index contributed by atoms with van der Waals surface area (Å²) in [5, 5.41) is 11.2. The van der Waals surface area contributed by atoms with Crippen LogP contribution in [0.5, 0.6) is 5.75 Å². The van der Waals surface area contributed by atoms with Crippen LogP contribution < -0.4 is 9.61 Å². The maximum absolute atomic E-state index is 12.5. The summed E-state index contributed by atoms with van der Waals surface area (Å²) in [6, 6.07) is 8.15. The maximum Gasteiger partial charge on any atom is 0.328 e. The highest BCUT2D eigenvalue weighted by atomic mass is 31.2. The number of carbonyl (C=O) groups is 2. The van der Waals surface area contributed by atoms with Crippen molar-refractivity contribution in [3.63, 3.8) is 0 Å². The molecular formula is C13H18NO6P. The predicted molar refractivity (Wildman–Crippen MR) is 76.4 cm³/mol. The van der Waals surface area contributed by atoms with Crippen LogP contribution in [-0.4, -0.2) is 35.9 Å². The normalized spacial score (nSPS) is 13.5. The first-order chi connectivity index (χ1) is 9.81. The number of para-hydroxylation sites is 1. The molecule has 1 aromatic rings. The smallest absolute Gasteiger partial charge is 0.328 e. The summed E-state index contributed by atoms with van der Waals surface area (Å²) < 4.78 is 22.6. The summed E-state index contributed by atoms with van der Waals surface area (Å²) in [4.78, 5) is 22.2. The lowest BCUT2D eigenvalue weighted by Crippen LogP contribution is -2.28. The van der Waals surface area contributed by atoms with Gasteiger partial charge in [0.05, 0.1) is 6.10 Å². The van der Waals surface area contributed by atoms with Crippen molar-refractivity contribution in [3.8, 4) is 5.75 Å². The predicted octanol–water partition coefficient (Wildman–Crippen LogP) is 1.88. The Morgan fingerprint density at radius 2 is 1.90 bits per heavy atom. The fourth-order valence-electron chi connectivity index (χ4n) is 1.44. The van der Waals surface area contributed by atoms with Gasteiger partial charge in [-0.2, -0.15) is 0 Å². The molecular weight excluding hydrogens is 297 g/mol. The highest BCUT2D eigenvalue weighted by Crippen LogP contribution is 2.42. The third-order valence-corrected chi connectivity index (χ3v) is 4.00. The minimum Gasteiger partial charge on any atom is -0.481 e. The molecule has 0 heterocycles. The van der Waals surface area contributed by atoms with Gasteiger partial charge in [-0.05, 0) is 26.0 Å². The van der Waals surface area contributed by atoms with Crippen LogP contribution in [0.1, 0.15) is 13.8 Å². The molecule has 0 aliphatic carbocycles. The van der Waals surface area contributed by atoms with Gasteiger partial charge in [-0.3, -0.25) is 14.2 Å². The van der Waals surface area contributed by atoms with Crippen molar-refractivity contribution < 1.29 is 28.5 Å². The summed E-state index contributed by atoms with van der Waals surface area (Å²) in [5.74, 6) is -1.67. The van der Waals surface area contributed by atoms with Gasteiger partial charge in [-0.1, -0.05) is 18.2 Å². The molecule has 21 heavy (non-hydrogen) atoms. The Kier molecular flexibility index (Phi) is 6.39. The number of carboxylic acid groups (broad SMARTS) is 1. The quantitative estimate of drug-likeness (QED) is 0.558. The number of carboxylic acids is 1. The van der Waals surface area contributed by atoms with Crippen molar-refractivity contribution in [2.75, 3.05) is 12.7 Å². The zero-order valence-electron chi connectivity index (χ0n) is 11.8. The number of ether oxygens (including phenoxy) is 1. The van der Waals surface area contributed by atoms with Crippen LogP contribution in [0.4, 0.5) is 0 Å². The molecule has 0 aliphatic heterocycles. The molecule has 0 aromatic heterocycles. The number of carbonyl (C=O) groups excluding carboxylic acids is 1. The van der Waals surface area contributed by atoms with Crippen LogP contribution in [0, 0.1) is 0 Å². The van der Waals surface area contributed by atoms with E-state index in [4.69, 9.17) is 14.4 Å². The summed E-state index contributed by atoms with van der Waals surface area (Å²) in [6.07, 6.45) is -1.05. The molecule has 0 radical (unpaired) electrons. The second-order valence-electron chi connectivity index (χ2n) is 4.50. The van der Waals surface area contributed by atoms with Crippen molar-refractivity contribution >= 4 is 19.5 Å². The van der Waals surface area contributed by atoms with Crippen LogP contribution >= 0.6 is 7.52 Å². The maximum atomic E-state index is 12.5. The second-order valence-corrected chi connectivity index (χ2v) is 6.66. The van der Waals surface area contributed by atoms with Crippen LogP contribution in [-0.2, 0) is 18.9 Å². The molecule has 0 saturated carbocycles. The van der Waals surface area contributed by atoms with E-state index < -0.39 is 32.2 Å². The third-order valence-electron chi connectivity index (χ3n) is 2.17. The number of aliphatic carboxylic acids is 1. The average Bonchev–Trinajstić information content (AvgIpc) is 2.36. The van der Waals surface area contributed by atoms with Crippen LogP contribution in [0.15, 0.2) is 30.3 Å². The molecule has 0 fully saturated rings. The Morgan fingerprint density at radius 3 is 2.43 bits per heavy atom. The molecule has 1 aromatic carbocycles. The molecule has 1 rings (SSSR count). The Hall–Kier alpha value is -1.85. The monoisotopic (exact) mass is 315 g/mol. The van der Waals surface area contributed by atoms with Gasteiger partial charge < -0.3 is 14.4 Å². The van der Waals surface area contributed by atoms with Crippen LogP contribution in [0.2, 0.25) is 0 Å². The summed E-state index contributed by atoms with van der Waals surface area (Å²) in [6.45, 7) is 2.96. The molecule has 0 saturated heterocycles. The fourth-order valence-corrected chi connectivity index (χ4v) is 2.87. The third kappa shape index (κ3) is 6.92. The van der Waals surface area contributed by atoms with Gasteiger partial charge in [0.25, 0.3) is 0 Å². The molecule has 2 N–H and O–H groups in total. The van der Waals surface area contributed by atoms with E-state index in [0.717, 1.165) is 0 Å². The number of hydrogen-bond acceptors (Lipinski definition) is 5. The van der Waals surface area contributed by atoms with E-state index in [1.165, 1.54) is 0 Å². The minimum atomic E-state index is -3.75. The summed E-state index contributed by atoms with van der Waals surface area (Å²) in [7, 11) is -3.75. The standard InChI is InChI=1S/C13H18NO6P/c1-10(2)19-13(17)8-14-21(18,9-12(15)16)20-11-6-4-3-5-7-11/h3-7,10H,8-9H2,1-2H3,(H,14,18)(H,15,16). The first-order valence-electron chi connectivity index (χ1n) is 6.31. The van der Waals surface area contributed by atoms with Crippen LogP contribution in [0.25, 0.3) is 0 Å². The highest BCUT2D eigenvalue weighted by Gasteiger charge is 2.29. The number of nitrogens with one attached hydrogen (secondary N) is 1.